The number of thiophene rings is 1. The minimum Gasteiger partial charge on any atom is -0.335 e. The van der Waals surface area contributed by atoms with Crippen LogP contribution in [0.1, 0.15) is 15.2 Å². The van der Waals surface area contributed by atoms with Gasteiger partial charge >= 0.3 is 0 Å². The van der Waals surface area contributed by atoms with Crippen molar-refractivity contribution in [2.75, 3.05) is 26.2 Å². The van der Waals surface area contributed by atoms with E-state index < -0.39 is 0 Å². The SMILES string of the molecule is O=C(c1sccc1-c1ccccc1)N1CCN(Cc2ccccc2)CC1. The first-order valence-electron chi connectivity index (χ1n) is 9.00. The Labute approximate surface area is 158 Å². The number of amides is 1. The summed E-state index contributed by atoms with van der Waals surface area (Å²) >= 11 is 1.54. The average molecular weight is 362 g/mol. The van der Waals surface area contributed by atoms with Gasteiger partial charge in [-0.3, -0.25) is 9.69 Å². The zero-order valence-electron chi connectivity index (χ0n) is 14.7. The maximum absolute atomic E-state index is 13.0. The lowest BCUT2D eigenvalue weighted by molar-refractivity contribution is 0.0634. The summed E-state index contributed by atoms with van der Waals surface area (Å²) in [5.74, 6) is 0.165. The first-order chi connectivity index (χ1) is 12.8. The molecule has 4 rings (SSSR count). The van der Waals surface area contributed by atoms with Crippen LogP contribution in [0.15, 0.2) is 72.1 Å². The number of carbonyl (C=O) groups excluding carboxylic acids is 1. The molecule has 3 aromatic rings. The lowest BCUT2D eigenvalue weighted by Crippen LogP contribution is -2.48. The standard InChI is InChI=1S/C22H22N2OS/c25-22(21-20(11-16-26-21)19-9-5-2-6-10-19)24-14-12-23(13-15-24)17-18-7-3-1-4-8-18/h1-11,16H,12-15,17H2. The molecule has 1 fully saturated rings. The van der Waals surface area contributed by atoms with E-state index in [9.17, 15) is 4.79 Å². The molecule has 132 valence electrons. The van der Waals surface area contributed by atoms with Crippen molar-refractivity contribution < 1.29 is 4.79 Å². The Kier molecular flexibility index (Phi) is 5.14. The molecule has 0 aliphatic carbocycles. The van der Waals surface area contributed by atoms with E-state index in [0.717, 1.165) is 48.7 Å². The maximum atomic E-state index is 13.0. The highest BCUT2D eigenvalue weighted by Gasteiger charge is 2.25. The van der Waals surface area contributed by atoms with Crippen molar-refractivity contribution in [3.05, 3.63) is 82.6 Å². The topological polar surface area (TPSA) is 23.6 Å². The van der Waals surface area contributed by atoms with Crippen molar-refractivity contribution >= 4 is 17.2 Å². The van der Waals surface area contributed by atoms with Gasteiger partial charge in [0.15, 0.2) is 0 Å². The third-order valence-electron chi connectivity index (χ3n) is 4.85. The van der Waals surface area contributed by atoms with Crippen LogP contribution in [0, 0.1) is 0 Å². The summed E-state index contributed by atoms with van der Waals surface area (Å²) in [5, 5.41) is 2.02. The number of hydrogen-bond donors (Lipinski definition) is 0. The summed E-state index contributed by atoms with van der Waals surface area (Å²) in [6.45, 7) is 4.38. The smallest absolute Gasteiger partial charge is 0.264 e. The summed E-state index contributed by atoms with van der Waals surface area (Å²) in [6, 6.07) is 22.8. The number of benzene rings is 2. The molecule has 1 saturated heterocycles. The quantitative estimate of drug-likeness (QED) is 0.688. The van der Waals surface area contributed by atoms with Gasteiger partial charge in [0, 0.05) is 38.3 Å². The molecule has 1 amide bonds. The Bertz CT molecular complexity index is 852. The van der Waals surface area contributed by atoms with Gasteiger partial charge in [0.2, 0.25) is 0 Å². The molecule has 3 nitrogen and oxygen atoms in total. The molecule has 4 heteroatoms. The first kappa shape index (κ1) is 17.0. The number of carbonyl (C=O) groups is 1. The van der Waals surface area contributed by atoms with Gasteiger partial charge in [-0.25, -0.2) is 0 Å². The largest absolute Gasteiger partial charge is 0.335 e. The van der Waals surface area contributed by atoms with E-state index in [4.69, 9.17) is 0 Å². The van der Waals surface area contributed by atoms with Crippen LogP contribution in [-0.2, 0) is 6.54 Å². The highest BCUT2D eigenvalue weighted by atomic mass is 32.1. The van der Waals surface area contributed by atoms with Crippen LogP contribution >= 0.6 is 11.3 Å². The Morgan fingerprint density at radius 2 is 1.50 bits per heavy atom. The zero-order valence-corrected chi connectivity index (χ0v) is 15.5. The molecule has 2 aromatic carbocycles. The summed E-state index contributed by atoms with van der Waals surface area (Å²) in [6.07, 6.45) is 0. The maximum Gasteiger partial charge on any atom is 0.264 e. The van der Waals surface area contributed by atoms with Crippen LogP contribution in [0.2, 0.25) is 0 Å². The van der Waals surface area contributed by atoms with Crippen molar-refractivity contribution in [1.82, 2.24) is 9.80 Å². The fourth-order valence-corrected chi connectivity index (χ4v) is 4.30. The Morgan fingerprint density at radius 3 is 2.19 bits per heavy atom. The van der Waals surface area contributed by atoms with E-state index in [-0.39, 0.29) is 5.91 Å². The highest BCUT2D eigenvalue weighted by Crippen LogP contribution is 2.29. The third-order valence-corrected chi connectivity index (χ3v) is 5.76. The summed E-state index contributed by atoms with van der Waals surface area (Å²) in [5.41, 5.74) is 3.49. The van der Waals surface area contributed by atoms with Crippen molar-refractivity contribution in [2.24, 2.45) is 0 Å². The molecule has 0 saturated carbocycles. The Hall–Kier alpha value is -2.43. The van der Waals surface area contributed by atoms with Crippen molar-refractivity contribution in [2.45, 2.75) is 6.54 Å². The third kappa shape index (κ3) is 3.71. The van der Waals surface area contributed by atoms with E-state index in [1.165, 1.54) is 5.56 Å². The van der Waals surface area contributed by atoms with Crippen LogP contribution < -0.4 is 0 Å². The zero-order chi connectivity index (χ0) is 17.8. The number of rotatable bonds is 4. The summed E-state index contributed by atoms with van der Waals surface area (Å²) in [4.78, 5) is 18.3. The van der Waals surface area contributed by atoms with Crippen molar-refractivity contribution in [3.8, 4) is 11.1 Å². The fourth-order valence-electron chi connectivity index (χ4n) is 3.41. The minimum absolute atomic E-state index is 0.165. The predicted molar refractivity (Wildman–Crippen MR) is 107 cm³/mol. The molecule has 0 bridgehead atoms. The molecule has 2 heterocycles. The van der Waals surface area contributed by atoms with Gasteiger partial charge in [-0.15, -0.1) is 11.3 Å². The van der Waals surface area contributed by atoms with E-state index in [0.29, 0.717) is 0 Å². The molecule has 1 aliphatic rings. The van der Waals surface area contributed by atoms with E-state index in [1.54, 1.807) is 11.3 Å². The van der Waals surface area contributed by atoms with Crippen LogP contribution in [0.25, 0.3) is 11.1 Å². The van der Waals surface area contributed by atoms with Gasteiger partial charge in [0.25, 0.3) is 5.91 Å². The summed E-state index contributed by atoms with van der Waals surface area (Å²) in [7, 11) is 0. The first-order valence-corrected chi connectivity index (χ1v) is 9.88. The van der Waals surface area contributed by atoms with Gasteiger partial charge in [-0.1, -0.05) is 60.7 Å². The Morgan fingerprint density at radius 1 is 0.846 bits per heavy atom. The summed E-state index contributed by atoms with van der Waals surface area (Å²) < 4.78 is 0. The lowest BCUT2D eigenvalue weighted by atomic mass is 10.1. The molecule has 1 aliphatic heterocycles. The molecule has 26 heavy (non-hydrogen) atoms. The molecule has 1 aromatic heterocycles. The van der Waals surface area contributed by atoms with Crippen LogP contribution in [-0.4, -0.2) is 41.9 Å². The monoisotopic (exact) mass is 362 g/mol. The second-order valence-corrected chi connectivity index (χ2v) is 7.50. The Balaban J connectivity index is 1.41. The second-order valence-electron chi connectivity index (χ2n) is 6.58. The highest BCUT2D eigenvalue weighted by molar-refractivity contribution is 7.12. The van der Waals surface area contributed by atoms with Crippen LogP contribution in [0.5, 0.6) is 0 Å². The molecule has 0 spiro atoms. The molecule has 0 N–H and O–H groups in total. The molecule has 0 radical (unpaired) electrons. The van der Waals surface area contributed by atoms with E-state index >= 15 is 0 Å². The number of nitrogens with zero attached hydrogens (tertiary/aromatic N) is 2. The van der Waals surface area contributed by atoms with Gasteiger partial charge < -0.3 is 4.90 Å². The fraction of sp³-hybridized carbons (Fsp3) is 0.227. The van der Waals surface area contributed by atoms with Gasteiger partial charge in [0.05, 0.1) is 4.88 Å². The van der Waals surface area contributed by atoms with E-state index in [2.05, 4.69) is 47.4 Å². The minimum atomic E-state index is 0.165. The second kappa shape index (κ2) is 7.85. The van der Waals surface area contributed by atoms with Crippen molar-refractivity contribution in [1.29, 1.82) is 0 Å². The molecule has 0 atom stereocenters. The molecular formula is C22H22N2OS. The average Bonchev–Trinajstić information content (AvgIpc) is 3.19. The predicted octanol–water partition coefficient (Wildman–Crippen LogP) is 4.37. The van der Waals surface area contributed by atoms with Crippen LogP contribution in [0.3, 0.4) is 0 Å². The number of hydrogen-bond acceptors (Lipinski definition) is 3. The molecular weight excluding hydrogens is 340 g/mol. The lowest BCUT2D eigenvalue weighted by Gasteiger charge is -2.34. The normalized spacial score (nSPS) is 15.2. The van der Waals surface area contributed by atoms with Crippen molar-refractivity contribution in [3.63, 3.8) is 0 Å². The van der Waals surface area contributed by atoms with Crippen LogP contribution in [0.4, 0.5) is 0 Å². The van der Waals surface area contributed by atoms with E-state index in [1.807, 2.05) is 34.5 Å². The number of piperazine rings is 1. The van der Waals surface area contributed by atoms with Gasteiger partial charge in [0.1, 0.15) is 0 Å². The van der Waals surface area contributed by atoms with Gasteiger partial charge in [-0.05, 0) is 22.6 Å². The molecule has 0 unspecified atom stereocenters. The van der Waals surface area contributed by atoms with Gasteiger partial charge in [-0.2, -0.15) is 0 Å².